The van der Waals surface area contributed by atoms with Gasteiger partial charge in [-0.15, -0.1) is 0 Å². The first-order valence-corrected chi connectivity index (χ1v) is 13.4. The van der Waals surface area contributed by atoms with Crippen molar-refractivity contribution in [3.8, 4) is 5.75 Å². The van der Waals surface area contributed by atoms with Gasteiger partial charge in [-0.2, -0.15) is 0 Å². The van der Waals surface area contributed by atoms with E-state index in [1.165, 1.54) is 6.42 Å². The molecule has 188 valence electrons. The van der Waals surface area contributed by atoms with Gasteiger partial charge >= 0.3 is 0 Å². The van der Waals surface area contributed by atoms with Crippen LogP contribution in [0.5, 0.6) is 5.75 Å². The highest BCUT2D eigenvalue weighted by atomic mass is 79.9. The van der Waals surface area contributed by atoms with E-state index in [0.717, 1.165) is 54.0 Å². The molecule has 2 aromatic rings. The van der Waals surface area contributed by atoms with E-state index in [-0.39, 0.29) is 24.3 Å². The summed E-state index contributed by atoms with van der Waals surface area (Å²) in [5.41, 5.74) is 1.47. The van der Waals surface area contributed by atoms with Crippen LogP contribution in [0.25, 0.3) is 0 Å². The second-order valence-electron chi connectivity index (χ2n) is 10.1. The molecule has 0 unspecified atom stereocenters. The molecule has 10 heteroatoms. The fraction of sp³-hybridized carbons (Fsp3) is 0.500. The summed E-state index contributed by atoms with van der Waals surface area (Å²) in [4.78, 5) is 49.8. The van der Waals surface area contributed by atoms with Crippen molar-refractivity contribution in [2.24, 2.45) is 0 Å². The van der Waals surface area contributed by atoms with Gasteiger partial charge in [0.05, 0.1) is 4.47 Å². The minimum Gasteiger partial charge on any atom is -0.489 e. The summed E-state index contributed by atoms with van der Waals surface area (Å²) in [6, 6.07) is 5.36. The van der Waals surface area contributed by atoms with E-state index in [2.05, 4.69) is 36.1 Å². The van der Waals surface area contributed by atoms with Gasteiger partial charge in [0.1, 0.15) is 23.7 Å². The molecule has 1 saturated carbocycles. The number of amides is 3. The van der Waals surface area contributed by atoms with E-state index < -0.39 is 11.9 Å². The third-order valence-corrected chi connectivity index (χ3v) is 8.24. The lowest BCUT2D eigenvalue weighted by Gasteiger charge is -2.47. The number of carbonyl (C=O) groups is 3. The fourth-order valence-electron chi connectivity index (χ4n) is 5.91. The van der Waals surface area contributed by atoms with Crippen LogP contribution in [0.3, 0.4) is 0 Å². The number of fused-ring (bicyclic) bond motifs is 1. The SMILES string of the molecule is O=C1CC[C@@H](N2Cc3cc(O[C@H]4CCCC[C@@H]4N4CC(c5ncc(Br)cn5)C4)ccc3C2=O)C(=O)N1. The molecule has 3 atom stereocenters. The van der Waals surface area contributed by atoms with Crippen LogP contribution in [-0.2, 0) is 16.1 Å². The zero-order chi connectivity index (χ0) is 24.8. The quantitative estimate of drug-likeness (QED) is 0.567. The van der Waals surface area contributed by atoms with Gasteiger partial charge in [0.2, 0.25) is 11.8 Å². The molecule has 4 aliphatic rings. The van der Waals surface area contributed by atoms with Crippen LogP contribution < -0.4 is 10.1 Å². The monoisotopic (exact) mass is 553 g/mol. The van der Waals surface area contributed by atoms with Crippen molar-refractivity contribution < 1.29 is 19.1 Å². The molecule has 2 saturated heterocycles. The standard InChI is InChI=1S/C26H28BrN5O4/c27-17-10-28-24(29-11-17)16-12-31(13-16)20-3-1-2-4-22(20)36-18-5-6-19-15(9-18)14-32(26(19)35)21-7-8-23(33)30-25(21)34/h5-6,9-11,16,20-22H,1-4,7-8,12-14H2,(H,30,33,34)/t20-,21+,22-/m0/s1. The third-order valence-electron chi connectivity index (χ3n) is 7.83. The maximum absolute atomic E-state index is 13.0. The van der Waals surface area contributed by atoms with Gasteiger partial charge in [0.15, 0.2) is 0 Å². The Morgan fingerprint density at radius 2 is 1.81 bits per heavy atom. The molecule has 1 aromatic heterocycles. The normalized spacial score (nSPS) is 27.0. The summed E-state index contributed by atoms with van der Waals surface area (Å²) >= 11 is 3.40. The zero-order valence-corrected chi connectivity index (χ0v) is 21.4. The minimum atomic E-state index is -0.608. The molecule has 1 N–H and O–H groups in total. The summed E-state index contributed by atoms with van der Waals surface area (Å²) in [7, 11) is 0. The highest BCUT2D eigenvalue weighted by molar-refractivity contribution is 9.10. The molecule has 9 nitrogen and oxygen atoms in total. The van der Waals surface area contributed by atoms with Crippen molar-refractivity contribution in [1.29, 1.82) is 0 Å². The molecule has 36 heavy (non-hydrogen) atoms. The number of hydrogen-bond donors (Lipinski definition) is 1. The van der Waals surface area contributed by atoms with Crippen molar-refractivity contribution in [1.82, 2.24) is 25.1 Å². The Bertz CT molecular complexity index is 1200. The number of piperidine rings is 1. The molecule has 4 heterocycles. The average Bonchev–Trinajstić information content (AvgIpc) is 3.16. The maximum Gasteiger partial charge on any atom is 0.255 e. The van der Waals surface area contributed by atoms with Crippen molar-refractivity contribution >= 4 is 33.7 Å². The van der Waals surface area contributed by atoms with Crippen LogP contribution in [0.15, 0.2) is 35.1 Å². The Morgan fingerprint density at radius 3 is 2.58 bits per heavy atom. The van der Waals surface area contributed by atoms with Crippen molar-refractivity contribution in [2.75, 3.05) is 13.1 Å². The summed E-state index contributed by atoms with van der Waals surface area (Å²) in [5.74, 6) is 1.17. The molecule has 0 spiro atoms. The Kier molecular flexibility index (Phi) is 6.25. The third kappa shape index (κ3) is 4.41. The van der Waals surface area contributed by atoms with Gasteiger partial charge in [-0.1, -0.05) is 6.42 Å². The summed E-state index contributed by atoms with van der Waals surface area (Å²) < 4.78 is 7.41. The van der Waals surface area contributed by atoms with Crippen LogP contribution in [0.4, 0.5) is 0 Å². The van der Waals surface area contributed by atoms with Gasteiger partial charge in [-0.25, -0.2) is 9.97 Å². The lowest BCUT2D eigenvalue weighted by atomic mass is 9.86. The Hall–Kier alpha value is -2.85. The van der Waals surface area contributed by atoms with E-state index in [1.54, 1.807) is 23.4 Å². The average molecular weight is 554 g/mol. The number of benzene rings is 1. The van der Waals surface area contributed by atoms with E-state index in [4.69, 9.17) is 4.74 Å². The first kappa shape index (κ1) is 23.5. The zero-order valence-electron chi connectivity index (χ0n) is 19.9. The molecule has 3 fully saturated rings. The molecule has 3 amide bonds. The Morgan fingerprint density at radius 1 is 1.03 bits per heavy atom. The second-order valence-corrected chi connectivity index (χ2v) is 11.1. The van der Waals surface area contributed by atoms with Crippen LogP contribution >= 0.6 is 15.9 Å². The number of ether oxygens (including phenoxy) is 1. The largest absolute Gasteiger partial charge is 0.489 e. The fourth-order valence-corrected chi connectivity index (χ4v) is 6.12. The number of nitrogens with one attached hydrogen (secondary N) is 1. The molecule has 3 aliphatic heterocycles. The summed E-state index contributed by atoms with van der Waals surface area (Å²) in [6.45, 7) is 2.23. The predicted molar refractivity (Wildman–Crippen MR) is 133 cm³/mol. The highest BCUT2D eigenvalue weighted by Gasteiger charge is 2.41. The van der Waals surface area contributed by atoms with E-state index >= 15 is 0 Å². The number of likely N-dealkylation sites (tertiary alicyclic amines) is 1. The summed E-state index contributed by atoms with van der Waals surface area (Å²) in [6.07, 6.45) is 8.74. The molecule has 0 radical (unpaired) electrons. The van der Waals surface area contributed by atoms with Crippen LogP contribution in [0.1, 0.15) is 66.2 Å². The van der Waals surface area contributed by atoms with Crippen LogP contribution in [0, 0.1) is 0 Å². The minimum absolute atomic E-state index is 0.0897. The molecular formula is C26H28BrN5O4. The van der Waals surface area contributed by atoms with Gasteiger partial charge in [-0.3, -0.25) is 24.6 Å². The highest BCUT2D eigenvalue weighted by Crippen LogP contribution is 2.36. The van der Waals surface area contributed by atoms with Crippen molar-refractivity contribution in [2.45, 2.75) is 69.2 Å². The Labute approximate surface area is 217 Å². The van der Waals surface area contributed by atoms with Gasteiger partial charge in [0.25, 0.3) is 5.91 Å². The second kappa shape index (κ2) is 9.55. The molecular weight excluding hydrogens is 526 g/mol. The molecule has 0 bridgehead atoms. The number of aromatic nitrogens is 2. The lowest BCUT2D eigenvalue weighted by Crippen LogP contribution is -2.57. The van der Waals surface area contributed by atoms with E-state index in [1.807, 2.05) is 12.1 Å². The number of rotatable bonds is 5. The van der Waals surface area contributed by atoms with Gasteiger partial charge in [0, 0.05) is 56.0 Å². The smallest absolute Gasteiger partial charge is 0.255 e. The van der Waals surface area contributed by atoms with Crippen LogP contribution in [-0.4, -0.2) is 68.8 Å². The van der Waals surface area contributed by atoms with Gasteiger partial charge < -0.3 is 9.64 Å². The lowest BCUT2D eigenvalue weighted by molar-refractivity contribution is -0.136. The first-order valence-electron chi connectivity index (χ1n) is 12.6. The molecule has 1 aliphatic carbocycles. The van der Waals surface area contributed by atoms with E-state index in [0.29, 0.717) is 30.5 Å². The Balaban J connectivity index is 1.11. The summed E-state index contributed by atoms with van der Waals surface area (Å²) in [5, 5.41) is 2.35. The molecule has 1 aromatic carbocycles. The van der Waals surface area contributed by atoms with Crippen molar-refractivity contribution in [3.63, 3.8) is 0 Å². The van der Waals surface area contributed by atoms with E-state index in [9.17, 15) is 14.4 Å². The van der Waals surface area contributed by atoms with Crippen molar-refractivity contribution in [3.05, 3.63) is 52.0 Å². The predicted octanol–water partition coefficient (Wildman–Crippen LogP) is 2.79. The number of carbonyl (C=O) groups excluding carboxylic acids is 3. The number of hydrogen-bond acceptors (Lipinski definition) is 7. The number of imide groups is 1. The molecule has 6 rings (SSSR count). The number of halogens is 1. The first-order chi connectivity index (χ1) is 17.5. The topological polar surface area (TPSA) is 105 Å². The van der Waals surface area contributed by atoms with Gasteiger partial charge in [-0.05, 0) is 65.4 Å². The van der Waals surface area contributed by atoms with Crippen LogP contribution in [0.2, 0.25) is 0 Å². The number of nitrogens with zero attached hydrogens (tertiary/aromatic N) is 4. The maximum atomic E-state index is 13.0.